The maximum atomic E-state index is 13.2. The van der Waals surface area contributed by atoms with Crippen molar-refractivity contribution in [3.63, 3.8) is 0 Å². The minimum atomic E-state index is -3.96. The number of hydrogen-bond acceptors (Lipinski definition) is 8. The fourth-order valence-corrected chi connectivity index (χ4v) is 7.31. The fourth-order valence-electron chi connectivity index (χ4n) is 4.86. The van der Waals surface area contributed by atoms with Crippen molar-refractivity contribution in [3.8, 4) is 16.3 Å². The Balaban J connectivity index is 1.09. The summed E-state index contributed by atoms with van der Waals surface area (Å²) in [6.07, 6.45) is 1.19. The molecule has 3 heterocycles. The van der Waals surface area contributed by atoms with Gasteiger partial charge in [-0.3, -0.25) is 9.59 Å². The van der Waals surface area contributed by atoms with Crippen LogP contribution >= 0.6 is 11.3 Å². The lowest BCUT2D eigenvalue weighted by atomic mass is 10.1. The lowest BCUT2D eigenvalue weighted by Crippen LogP contribution is -2.29. The lowest BCUT2D eigenvalue weighted by molar-refractivity contribution is 0.0949. The van der Waals surface area contributed by atoms with E-state index in [0.29, 0.717) is 25.3 Å². The molecule has 13 heteroatoms. The summed E-state index contributed by atoms with van der Waals surface area (Å²) in [5.41, 5.74) is 1.16. The zero-order valence-electron chi connectivity index (χ0n) is 21.9. The molecule has 3 N–H and O–H groups in total. The largest absolute Gasteiger partial charge is 0.489 e. The topological polar surface area (TPSA) is 155 Å². The van der Waals surface area contributed by atoms with E-state index >= 15 is 0 Å². The number of anilines is 1. The molecule has 4 aromatic rings. The molecule has 0 aliphatic carbocycles. The summed E-state index contributed by atoms with van der Waals surface area (Å²) in [7, 11) is -3.96. The maximum Gasteiger partial charge on any atom is 0.407 e. The minimum Gasteiger partial charge on any atom is -0.489 e. The number of sulfone groups is 1. The number of benzene rings is 3. The first kappa shape index (κ1) is 27.4. The second-order valence-electron chi connectivity index (χ2n) is 9.76. The number of nitrogens with zero attached hydrogens (tertiary/aromatic N) is 2. The molecule has 1 fully saturated rings. The average Bonchev–Trinajstić information content (AvgIpc) is 3.65. The number of carbonyl (C=O) groups excluding carboxylic acids is 2. The van der Waals surface area contributed by atoms with Crippen LogP contribution in [-0.2, 0) is 16.4 Å². The van der Waals surface area contributed by atoms with Crippen molar-refractivity contribution >= 4 is 44.8 Å². The Hall–Kier alpha value is -4.75. The van der Waals surface area contributed by atoms with E-state index in [9.17, 15) is 22.8 Å². The molecule has 0 spiro atoms. The van der Waals surface area contributed by atoms with Gasteiger partial charge in [-0.2, -0.15) is 0 Å². The fraction of sp³-hybridized carbons (Fsp3) is 0.172. The Morgan fingerprint density at radius 3 is 2.64 bits per heavy atom. The molecule has 0 radical (unpaired) electrons. The molecule has 1 saturated heterocycles. The van der Waals surface area contributed by atoms with Gasteiger partial charge in [-0.1, -0.05) is 12.1 Å². The maximum absolute atomic E-state index is 13.2. The normalized spacial score (nSPS) is 17.0. The van der Waals surface area contributed by atoms with Crippen LogP contribution in [0.2, 0.25) is 0 Å². The number of rotatable bonds is 6. The van der Waals surface area contributed by atoms with Gasteiger partial charge in [-0.25, -0.2) is 18.2 Å². The van der Waals surface area contributed by atoms with E-state index in [2.05, 4.69) is 15.6 Å². The van der Waals surface area contributed by atoms with E-state index in [4.69, 9.17) is 9.84 Å². The Kier molecular flexibility index (Phi) is 7.12. The van der Waals surface area contributed by atoms with Crippen molar-refractivity contribution in [1.29, 1.82) is 0 Å². The van der Waals surface area contributed by atoms with Crippen LogP contribution < -0.4 is 15.4 Å². The predicted molar refractivity (Wildman–Crippen MR) is 154 cm³/mol. The second kappa shape index (κ2) is 10.9. The van der Waals surface area contributed by atoms with Gasteiger partial charge in [-0.05, 0) is 54.6 Å². The van der Waals surface area contributed by atoms with Gasteiger partial charge in [0.1, 0.15) is 16.9 Å². The number of fused-ring (bicyclic) bond motifs is 2. The Bertz CT molecular complexity index is 1820. The molecule has 0 saturated carbocycles. The van der Waals surface area contributed by atoms with E-state index in [1.54, 1.807) is 18.3 Å². The summed E-state index contributed by atoms with van der Waals surface area (Å²) >= 11 is 1.41. The van der Waals surface area contributed by atoms with E-state index in [1.165, 1.54) is 46.6 Å². The van der Waals surface area contributed by atoms with Gasteiger partial charge in [0.25, 0.3) is 11.8 Å². The van der Waals surface area contributed by atoms with Crippen LogP contribution in [0.5, 0.6) is 5.75 Å². The molecule has 42 heavy (non-hydrogen) atoms. The molecule has 2 aliphatic heterocycles. The van der Waals surface area contributed by atoms with Gasteiger partial charge in [-0.15, -0.1) is 11.3 Å². The number of amides is 3. The predicted octanol–water partition coefficient (Wildman–Crippen LogP) is 4.27. The molecule has 2 aliphatic rings. The Labute approximate surface area is 244 Å². The molecule has 0 unspecified atom stereocenters. The van der Waals surface area contributed by atoms with Crippen molar-refractivity contribution < 1.29 is 32.6 Å². The highest BCUT2D eigenvalue weighted by atomic mass is 32.2. The summed E-state index contributed by atoms with van der Waals surface area (Å²) in [6.45, 7) is 0.995. The highest BCUT2D eigenvalue weighted by Crippen LogP contribution is 2.34. The average molecular weight is 605 g/mol. The second-order valence-corrected chi connectivity index (χ2v) is 12.8. The molecule has 1 aromatic heterocycles. The third kappa shape index (κ3) is 5.31. The summed E-state index contributed by atoms with van der Waals surface area (Å²) in [6, 6.07) is 17.5. The first-order valence-electron chi connectivity index (χ1n) is 13.0. The molecule has 6 rings (SSSR count). The Morgan fingerprint density at radius 1 is 1.10 bits per heavy atom. The van der Waals surface area contributed by atoms with Crippen molar-refractivity contribution in [2.45, 2.75) is 28.9 Å². The number of carbonyl (C=O) groups is 3. The molecule has 11 nitrogen and oxygen atoms in total. The van der Waals surface area contributed by atoms with Crippen LogP contribution in [0.1, 0.15) is 32.0 Å². The molecule has 1 atom stereocenters. The van der Waals surface area contributed by atoms with E-state index in [1.807, 2.05) is 24.3 Å². The van der Waals surface area contributed by atoms with Crippen LogP contribution in [0, 0.1) is 0 Å². The van der Waals surface area contributed by atoms with E-state index in [-0.39, 0.29) is 39.3 Å². The molecule has 3 aromatic carbocycles. The van der Waals surface area contributed by atoms with Crippen LogP contribution in [0.4, 0.5) is 10.5 Å². The van der Waals surface area contributed by atoms with Crippen molar-refractivity contribution in [3.05, 3.63) is 88.9 Å². The van der Waals surface area contributed by atoms with Crippen molar-refractivity contribution in [2.75, 3.05) is 18.4 Å². The number of hydrogen-bond donors (Lipinski definition) is 3. The molecular formula is C29H24N4O7S2. The van der Waals surface area contributed by atoms with Crippen molar-refractivity contribution in [2.24, 2.45) is 0 Å². The van der Waals surface area contributed by atoms with Crippen LogP contribution in [0.15, 0.2) is 82.7 Å². The number of thiazole rings is 1. The molecule has 214 valence electrons. The monoisotopic (exact) mass is 604 g/mol. The minimum absolute atomic E-state index is 0.0449. The SMILES string of the molecule is O=C(NCc1cnc(-c2ccc(O[C@@H]3CCN(C(=O)O)C3)cc2)s1)c1ccc2c(c1)NC(=O)c1ccccc1S2(=O)=O. The van der Waals surface area contributed by atoms with Gasteiger partial charge in [0.2, 0.25) is 9.84 Å². The third-order valence-electron chi connectivity index (χ3n) is 7.00. The van der Waals surface area contributed by atoms with Crippen LogP contribution in [-0.4, -0.2) is 60.5 Å². The molecule has 3 amide bonds. The van der Waals surface area contributed by atoms with Crippen molar-refractivity contribution in [1.82, 2.24) is 15.2 Å². The summed E-state index contributed by atoms with van der Waals surface area (Å²) in [5, 5.41) is 15.3. The smallest absolute Gasteiger partial charge is 0.407 e. The lowest BCUT2D eigenvalue weighted by Gasteiger charge is -2.14. The highest BCUT2D eigenvalue weighted by molar-refractivity contribution is 7.91. The quantitative estimate of drug-likeness (QED) is 0.295. The van der Waals surface area contributed by atoms with Gasteiger partial charge in [0, 0.05) is 35.2 Å². The summed E-state index contributed by atoms with van der Waals surface area (Å²) < 4.78 is 32.3. The van der Waals surface area contributed by atoms with Gasteiger partial charge >= 0.3 is 6.09 Å². The zero-order valence-corrected chi connectivity index (χ0v) is 23.6. The Morgan fingerprint density at radius 2 is 1.88 bits per heavy atom. The summed E-state index contributed by atoms with van der Waals surface area (Å²) in [4.78, 5) is 43.1. The number of nitrogens with one attached hydrogen (secondary N) is 2. The number of carboxylic acid groups (broad SMARTS) is 1. The van der Waals surface area contributed by atoms with Crippen LogP contribution in [0.3, 0.4) is 0 Å². The molecular weight excluding hydrogens is 580 g/mol. The standard InChI is InChI=1S/C29H24N4O7S2/c34-26(18-7-10-25-23(13-18)32-27(35)22-3-1-2-4-24(22)42(25,38)39)30-14-21-15-31-28(41-21)17-5-8-19(9-6-17)40-20-11-12-33(16-20)29(36)37/h1-10,13,15,20H,11-12,14,16H2,(H,30,34)(H,32,35)(H,36,37)/t20-/m1/s1. The first-order chi connectivity index (χ1) is 20.2. The molecule has 0 bridgehead atoms. The third-order valence-corrected chi connectivity index (χ3v) is 9.91. The highest BCUT2D eigenvalue weighted by Gasteiger charge is 2.31. The summed E-state index contributed by atoms with van der Waals surface area (Å²) in [5.74, 6) is -0.352. The first-order valence-corrected chi connectivity index (χ1v) is 15.3. The number of aromatic nitrogens is 1. The number of likely N-dealkylation sites (tertiary alicyclic amines) is 1. The zero-order chi connectivity index (χ0) is 29.4. The van der Waals surface area contributed by atoms with Gasteiger partial charge < -0.3 is 25.4 Å². The van der Waals surface area contributed by atoms with Crippen LogP contribution in [0.25, 0.3) is 10.6 Å². The van der Waals surface area contributed by atoms with E-state index < -0.39 is 27.7 Å². The number of ether oxygens (including phenoxy) is 1. The van der Waals surface area contributed by atoms with Gasteiger partial charge in [0.15, 0.2) is 0 Å². The van der Waals surface area contributed by atoms with Gasteiger partial charge in [0.05, 0.1) is 34.1 Å². The van der Waals surface area contributed by atoms with E-state index in [0.717, 1.165) is 15.4 Å².